The van der Waals surface area contributed by atoms with Crippen molar-refractivity contribution in [1.29, 1.82) is 0 Å². The van der Waals surface area contributed by atoms with Crippen LogP contribution in [0.5, 0.6) is 0 Å². The van der Waals surface area contributed by atoms with Crippen molar-refractivity contribution in [2.24, 2.45) is 0 Å². The highest BCUT2D eigenvalue weighted by atomic mass is 16.4. The lowest BCUT2D eigenvalue weighted by Gasteiger charge is -2.04. The SMILES string of the molecule is Cc1ccc2c(c1)c(-c1nc3ccccc3o1)c(C)n2CC(=O)O. The first kappa shape index (κ1) is 14.5. The van der Waals surface area contributed by atoms with Crippen molar-refractivity contribution in [2.45, 2.75) is 20.4 Å². The number of rotatable bonds is 3. The highest BCUT2D eigenvalue weighted by molar-refractivity contribution is 5.98. The van der Waals surface area contributed by atoms with E-state index in [9.17, 15) is 9.90 Å². The third-order valence-corrected chi connectivity index (χ3v) is 4.28. The minimum Gasteiger partial charge on any atom is -0.480 e. The average Bonchev–Trinajstić information content (AvgIpc) is 3.06. The fraction of sp³-hybridized carbons (Fsp3) is 0.158. The number of nitrogens with zero attached hydrogens (tertiary/aromatic N) is 2. The number of hydrogen-bond acceptors (Lipinski definition) is 3. The molecule has 2 aromatic carbocycles. The quantitative estimate of drug-likeness (QED) is 0.615. The summed E-state index contributed by atoms with van der Waals surface area (Å²) in [7, 11) is 0. The van der Waals surface area contributed by atoms with E-state index in [2.05, 4.69) is 4.98 Å². The van der Waals surface area contributed by atoms with Gasteiger partial charge in [-0.3, -0.25) is 4.79 Å². The summed E-state index contributed by atoms with van der Waals surface area (Å²) in [6.45, 7) is 3.83. The van der Waals surface area contributed by atoms with Crippen LogP contribution < -0.4 is 0 Å². The van der Waals surface area contributed by atoms with E-state index in [1.807, 2.05) is 56.3 Å². The number of oxazole rings is 1. The van der Waals surface area contributed by atoms with E-state index in [1.54, 1.807) is 4.57 Å². The van der Waals surface area contributed by atoms with Gasteiger partial charge in [-0.15, -0.1) is 0 Å². The van der Waals surface area contributed by atoms with Crippen molar-refractivity contribution in [1.82, 2.24) is 9.55 Å². The minimum absolute atomic E-state index is 0.0916. The van der Waals surface area contributed by atoms with Crippen LogP contribution >= 0.6 is 0 Å². The molecular weight excluding hydrogens is 304 g/mol. The summed E-state index contributed by atoms with van der Waals surface area (Å²) >= 11 is 0. The second kappa shape index (κ2) is 5.23. The number of aryl methyl sites for hydroxylation is 1. The Kier molecular flexibility index (Phi) is 3.16. The molecular formula is C19H16N2O3. The van der Waals surface area contributed by atoms with Crippen LogP contribution in [0.15, 0.2) is 46.9 Å². The molecule has 120 valence electrons. The van der Waals surface area contributed by atoms with Crippen molar-refractivity contribution in [3.05, 3.63) is 53.7 Å². The third-order valence-electron chi connectivity index (χ3n) is 4.28. The summed E-state index contributed by atoms with van der Waals surface area (Å²) in [6.07, 6.45) is 0. The molecule has 5 heteroatoms. The molecule has 5 nitrogen and oxygen atoms in total. The van der Waals surface area contributed by atoms with E-state index in [1.165, 1.54) is 0 Å². The van der Waals surface area contributed by atoms with Crippen LogP contribution in [0.4, 0.5) is 0 Å². The molecule has 0 atom stereocenters. The first-order valence-corrected chi connectivity index (χ1v) is 7.72. The van der Waals surface area contributed by atoms with Crippen LogP contribution in [0, 0.1) is 13.8 Å². The smallest absolute Gasteiger partial charge is 0.323 e. The molecule has 0 aliphatic carbocycles. The Labute approximate surface area is 138 Å². The van der Waals surface area contributed by atoms with Crippen LogP contribution in [-0.2, 0) is 11.3 Å². The van der Waals surface area contributed by atoms with E-state index in [-0.39, 0.29) is 6.54 Å². The summed E-state index contributed by atoms with van der Waals surface area (Å²) in [4.78, 5) is 15.8. The lowest BCUT2D eigenvalue weighted by molar-refractivity contribution is -0.137. The van der Waals surface area contributed by atoms with E-state index in [4.69, 9.17) is 4.42 Å². The van der Waals surface area contributed by atoms with Gasteiger partial charge in [-0.2, -0.15) is 0 Å². The molecule has 4 rings (SSSR count). The van der Waals surface area contributed by atoms with E-state index < -0.39 is 5.97 Å². The predicted molar refractivity (Wildman–Crippen MR) is 92.1 cm³/mol. The van der Waals surface area contributed by atoms with Crippen molar-refractivity contribution < 1.29 is 14.3 Å². The Morgan fingerprint density at radius 3 is 2.75 bits per heavy atom. The fourth-order valence-electron chi connectivity index (χ4n) is 3.18. The van der Waals surface area contributed by atoms with Crippen molar-refractivity contribution in [3.63, 3.8) is 0 Å². The maximum Gasteiger partial charge on any atom is 0.323 e. The summed E-state index contributed by atoms with van der Waals surface area (Å²) in [5.74, 6) is -0.354. The fourth-order valence-corrected chi connectivity index (χ4v) is 3.18. The third kappa shape index (κ3) is 2.17. The van der Waals surface area contributed by atoms with Crippen LogP contribution in [0.25, 0.3) is 33.5 Å². The van der Waals surface area contributed by atoms with Gasteiger partial charge in [0.15, 0.2) is 5.58 Å². The van der Waals surface area contributed by atoms with E-state index >= 15 is 0 Å². The maximum atomic E-state index is 11.3. The van der Waals surface area contributed by atoms with Crippen molar-refractivity contribution in [2.75, 3.05) is 0 Å². The number of carboxylic acids is 1. The second-order valence-electron chi connectivity index (χ2n) is 5.95. The average molecular weight is 320 g/mol. The van der Waals surface area contributed by atoms with Crippen LogP contribution in [0.3, 0.4) is 0 Å². The number of hydrogen-bond donors (Lipinski definition) is 1. The second-order valence-corrected chi connectivity index (χ2v) is 5.95. The van der Waals surface area contributed by atoms with Gasteiger partial charge in [0.2, 0.25) is 5.89 Å². The summed E-state index contributed by atoms with van der Waals surface area (Å²) in [5, 5.41) is 10.2. The molecule has 0 aliphatic rings. The normalized spacial score (nSPS) is 11.4. The molecule has 2 heterocycles. The number of aromatic nitrogens is 2. The molecule has 0 saturated carbocycles. The lowest BCUT2D eigenvalue weighted by atomic mass is 10.1. The molecule has 24 heavy (non-hydrogen) atoms. The standard InChI is InChI=1S/C19H16N2O3/c1-11-7-8-15-13(9-11)18(12(2)21(15)10-17(22)23)19-20-14-5-3-4-6-16(14)24-19/h3-9H,10H2,1-2H3,(H,22,23). The van der Waals surface area contributed by atoms with Gasteiger partial charge in [-0.1, -0.05) is 23.8 Å². The summed E-state index contributed by atoms with van der Waals surface area (Å²) in [6, 6.07) is 13.6. The molecule has 0 saturated heterocycles. The Balaban J connectivity index is 2.04. The summed E-state index contributed by atoms with van der Waals surface area (Å²) < 4.78 is 7.72. The molecule has 0 radical (unpaired) electrons. The van der Waals surface area contributed by atoms with Gasteiger partial charge in [0.05, 0.1) is 5.56 Å². The Hall–Kier alpha value is -3.08. The zero-order valence-electron chi connectivity index (χ0n) is 13.4. The van der Waals surface area contributed by atoms with Gasteiger partial charge < -0.3 is 14.1 Å². The zero-order valence-corrected chi connectivity index (χ0v) is 13.4. The first-order chi connectivity index (χ1) is 11.5. The molecule has 0 amide bonds. The summed E-state index contributed by atoms with van der Waals surface area (Å²) in [5.41, 5.74) is 5.18. The van der Waals surface area contributed by atoms with Crippen molar-refractivity contribution >= 4 is 28.0 Å². The molecule has 0 aliphatic heterocycles. The molecule has 0 bridgehead atoms. The molecule has 0 unspecified atom stereocenters. The monoisotopic (exact) mass is 320 g/mol. The zero-order chi connectivity index (χ0) is 16.8. The Morgan fingerprint density at radius 2 is 2.00 bits per heavy atom. The van der Waals surface area contributed by atoms with Gasteiger partial charge in [0.1, 0.15) is 12.1 Å². The van der Waals surface area contributed by atoms with E-state index in [0.717, 1.165) is 38.8 Å². The molecule has 1 N–H and O–H groups in total. The maximum absolute atomic E-state index is 11.3. The predicted octanol–water partition coefficient (Wildman–Crippen LogP) is 4.15. The Morgan fingerprint density at radius 1 is 1.21 bits per heavy atom. The van der Waals surface area contributed by atoms with Gasteiger partial charge in [-0.05, 0) is 38.1 Å². The van der Waals surface area contributed by atoms with Crippen molar-refractivity contribution in [3.8, 4) is 11.5 Å². The number of fused-ring (bicyclic) bond motifs is 2. The number of carboxylic acid groups (broad SMARTS) is 1. The highest BCUT2D eigenvalue weighted by Gasteiger charge is 2.21. The molecule has 4 aromatic rings. The number of benzene rings is 2. The van der Waals surface area contributed by atoms with Gasteiger partial charge in [-0.25, -0.2) is 4.98 Å². The van der Waals surface area contributed by atoms with Gasteiger partial charge >= 0.3 is 5.97 Å². The molecule has 0 fully saturated rings. The topological polar surface area (TPSA) is 68.3 Å². The van der Waals surface area contributed by atoms with Gasteiger partial charge in [0.25, 0.3) is 0 Å². The number of carbonyl (C=O) groups is 1. The lowest BCUT2D eigenvalue weighted by Crippen LogP contribution is -2.09. The molecule has 2 aromatic heterocycles. The van der Waals surface area contributed by atoms with E-state index in [0.29, 0.717) is 5.89 Å². The molecule has 0 spiro atoms. The van der Waals surface area contributed by atoms with Gasteiger partial charge in [0, 0.05) is 16.6 Å². The first-order valence-electron chi connectivity index (χ1n) is 7.72. The highest BCUT2D eigenvalue weighted by Crippen LogP contribution is 2.36. The van der Waals surface area contributed by atoms with Crippen LogP contribution in [0.2, 0.25) is 0 Å². The minimum atomic E-state index is -0.875. The number of aliphatic carboxylic acids is 1. The number of para-hydroxylation sites is 2. The van der Waals surface area contributed by atoms with Crippen LogP contribution in [-0.4, -0.2) is 20.6 Å². The Bertz CT molecular complexity index is 1060. The largest absolute Gasteiger partial charge is 0.480 e. The van der Waals surface area contributed by atoms with Crippen LogP contribution in [0.1, 0.15) is 11.3 Å².